The van der Waals surface area contributed by atoms with Gasteiger partial charge in [-0.15, -0.1) is 0 Å². The van der Waals surface area contributed by atoms with Crippen molar-refractivity contribution in [3.8, 4) is 11.1 Å². The van der Waals surface area contributed by atoms with Crippen molar-refractivity contribution >= 4 is 5.69 Å². The largest absolute Gasteiger partial charge is 0.388 e. The van der Waals surface area contributed by atoms with Gasteiger partial charge in [-0.05, 0) is 28.8 Å². The molecule has 1 saturated heterocycles. The second-order valence-electron chi connectivity index (χ2n) is 5.41. The Morgan fingerprint density at radius 1 is 0.905 bits per heavy atom. The Kier molecular flexibility index (Phi) is 4.53. The summed E-state index contributed by atoms with van der Waals surface area (Å²) in [5.41, 5.74) is 5.03. The first-order valence-corrected chi connectivity index (χ1v) is 7.52. The van der Waals surface area contributed by atoms with Crippen molar-refractivity contribution in [2.75, 3.05) is 38.7 Å². The van der Waals surface area contributed by atoms with Crippen LogP contribution in [0.5, 0.6) is 0 Å². The Bertz CT molecular complexity index is 557. The molecule has 2 aromatic rings. The van der Waals surface area contributed by atoms with Crippen LogP contribution in [0.15, 0.2) is 48.5 Å². The molecule has 0 spiro atoms. The number of hydrogen-bond donors (Lipinski definition) is 1. The number of hydrogen-bond acceptors (Lipinski definition) is 3. The van der Waals surface area contributed by atoms with Crippen LogP contribution in [-0.2, 0) is 11.3 Å². The van der Waals surface area contributed by atoms with Crippen molar-refractivity contribution < 1.29 is 4.74 Å². The molecule has 0 aromatic heterocycles. The van der Waals surface area contributed by atoms with Crippen LogP contribution in [0.2, 0.25) is 0 Å². The molecule has 1 fully saturated rings. The summed E-state index contributed by atoms with van der Waals surface area (Å²) in [6.07, 6.45) is 0. The molecule has 3 nitrogen and oxygen atoms in total. The lowest BCUT2D eigenvalue weighted by atomic mass is 10.0. The normalized spacial score (nSPS) is 15.9. The van der Waals surface area contributed by atoms with E-state index in [4.69, 9.17) is 4.74 Å². The minimum Gasteiger partial charge on any atom is -0.388 e. The van der Waals surface area contributed by atoms with Crippen molar-refractivity contribution in [1.29, 1.82) is 0 Å². The van der Waals surface area contributed by atoms with Gasteiger partial charge in [0.2, 0.25) is 0 Å². The molecule has 110 valence electrons. The maximum absolute atomic E-state index is 5.39. The van der Waals surface area contributed by atoms with Gasteiger partial charge in [0.15, 0.2) is 0 Å². The van der Waals surface area contributed by atoms with E-state index in [9.17, 15) is 0 Å². The van der Waals surface area contributed by atoms with Crippen molar-refractivity contribution in [2.45, 2.75) is 6.54 Å². The van der Waals surface area contributed by atoms with Gasteiger partial charge in [0.05, 0.1) is 13.2 Å². The van der Waals surface area contributed by atoms with Gasteiger partial charge >= 0.3 is 0 Å². The van der Waals surface area contributed by atoms with Gasteiger partial charge in [0, 0.05) is 32.4 Å². The quantitative estimate of drug-likeness (QED) is 0.932. The fraction of sp³-hybridized carbons (Fsp3) is 0.333. The summed E-state index contributed by atoms with van der Waals surface area (Å²) in [5, 5.41) is 3.14. The van der Waals surface area contributed by atoms with Crippen LogP contribution in [0.1, 0.15) is 5.56 Å². The molecule has 2 aromatic carbocycles. The van der Waals surface area contributed by atoms with E-state index in [1.54, 1.807) is 0 Å². The van der Waals surface area contributed by atoms with Gasteiger partial charge in [-0.3, -0.25) is 4.90 Å². The Hall–Kier alpha value is -1.84. The Morgan fingerprint density at radius 3 is 2.05 bits per heavy atom. The average Bonchev–Trinajstić information content (AvgIpc) is 2.57. The molecule has 1 aliphatic heterocycles. The van der Waals surface area contributed by atoms with Gasteiger partial charge in [-0.25, -0.2) is 0 Å². The SMILES string of the molecule is CNc1ccc(-c2ccc(CN3CCOCC3)cc2)cc1. The molecule has 0 bridgehead atoms. The molecule has 0 unspecified atom stereocenters. The molecule has 3 heteroatoms. The average molecular weight is 282 g/mol. The number of morpholine rings is 1. The van der Waals surface area contributed by atoms with E-state index in [1.807, 2.05) is 7.05 Å². The Labute approximate surface area is 126 Å². The first-order valence-electron chi connectivity index (χ1n) is 7.52. The Morgan fingerprint density at radius 2 is 1.48 bits per heavy atom. The number of rotatable bonds is 4. The van der Waals surface area contributed by atoms with Crippen LogP contribution in [0, 0.1) is 0 Å². The molecule has 0 radical (unpaired) electrons. The third-order valence-corrected chi connectivity index (χ3v) is 3.97. The lowest BCUT2D eigenvalue weighted by Gasteiger charge is -2.26. The van der Waals surface area contributed by atoms with Crippen LogP contribution in [0.25, 0.3) is 11.1 Å². The molecular weight excluding hydrogens is 260 g/mol. The van der Waals surface area contributed by atoms with E-state index >= 15 is 0 Å². The third-order valence-electron chi connectivity index (χ3n) is 3.97. The number of benzene rings is 2. The first kappa shape index (κ1) is 14.1. The van der Waals surface area contributed by atoms with Gasteiger partial charge in [0.1, 0.15) is 0 Å². The zero-order valence-corrected chi connectivity index (χ0v) is 12.5. The van der Waals surface area contributed by atoms with Gasteiger partial charge in [-0.1, -0.05) is 36.4 Å². The minimum atomic E-state index is 0.857. The maximum atomic E-state index is 5.39. The van der Waals surface area contributed by atoms with E-state index in [1.165, 1.54) is 16.7 Å². The highest BCUT2D eigenvalue weighted by Gasteiger charge is 2.10. The van der Waals surface area contributed by atoms with E-state index in [0.717, 1.165) is 38.5 Å². The predicted octanol–water partition coefficient (Wildman–Crippen LogP) is 3.23. The minimum absolute atomic E-state index is 0.857. The number of ether oxygens (including phenoxy) is 1. The number of anilines is 1. The Balaban J connectivity index is 1.67. The highest BCUT2D eigenvalue weighted by atomic mass is 16.5. The molecule has 0 saturated carbocycles. The van der Waals surface area contributed by atoms with Gasteiger partial charge < -0.3 is 10.1 Å². The van der Waals surface area contributed by atoms with Crippen molar-refractivity contribution in [1.82, 2.24) is 4.90 Å². The molecule has 1 heterocycles. The second-order valence-corrected chi connectivity index (χ2v) is 5.41. The second kappa shape index (κ2) is 6.74. The monoisotopic (exact) mass is 282 g/mol. The number of nitrogens with zero attached hydrogens (tertiary/aromatic N) is 1. The number of nitrogens with one attached hydrogen (secondary N) is 1. The van der Waals surface area contributed by atoms with E-state index < -0.39 is 0 Å². The topological polar surface area (TPSA) is 24.5 Å². The molecule has 0 amide bonds. The molecule has 0 aliphatic carbocycles. The molecule has 0 atom stereocenters. The lowest BCUT2D eigenvalue weighted by Crippen LogP contribution is -2.35. The molecule has 21 heavy (non-hydrogen) atoms. The lowest BCUT2D eigenvalue weighted by molar-refractivity contribution is 0.0342. The zero-order chi connectivity index (χ0) is 14.5. The van der Waals surface area contributed by atoms with Crippen molar-refractivity contribution in [3.63, 3.8) is 0 Å². The summed E-state index contributed by atoms with van der Waals surface area (Å²) in [4.78, 5) is 2.44. The summed E-state index contributed by atoms with van der Waals surface area (Å²) < 4.78 is 5.39. The highest BCUT2D eigenvalue weighted by Crippen LogP contribution is 2.22. The van der Waals surface area contributed by atoms with Crippen LogP contribution in [0.4, 0.5) is 5.69 Å². The maximum Gasteiger partial charge on any atom is 0.0594 e. The van der Waals surface area contributed by atoms with Crippen LogP contribution >= 0.6 is 0 Å². The smallest absolute Gasteiger partial charge is 0.0594 e. The summed E-state index contributed by atoms with van der Waals surface area (Å²) in [7, 11) is 1.94. The van der Waals surface area contributed by atoms with E-state index in [-0.39, 0.29) is 0 Å². The van der Waals surface area contributed by atoms with Crippen LogP contribution in [-0.4, -0.2) is 38.3 Å². The van der Waals surface area contributed by atoms with Crippen LogP contribution < -0.4 is 5.32 Å². The van der Waals surface area contributed by atoms with Crippen molar-refractivity contribution in [3.05, 3.63) is 54.1 Å². The first-order chi connectivity index (χ1) is 10.3. The van der Waals surface area contributed by atoms with Gasteiger partial charge in [-0.2, -0.15) is 0 Å². The highest BCUT2D eigenvalue weighted by molar-refractivity contribution is 5.66. The fourth-order valence-corrected chi connectivity index (χ4v) is 2.65. The molecule has 1 aliphatic rings. The zero-order valence-electron chi connectivity index (χ0n) is 12.5. The molecular formula is C18H22N2O. The predicted molar refractivity (Wildman–Crippen MR) is 87.5 cm³/mol. The summed E-state index contributed by atoms with van der Waals surface area (Å²) in [6, 6.07) is 17.4. The van der Waals surface area contributed by atoms with Crippen molar-refractivity contribution in [2.24, 2.45) is 0 Å². The standard InChI is InChI=1S/C18H22N2O/c1-19-18-8-6-17(7-9-18)16-4-2-15(3-5-16)14-20-10-12-21-13-11-20/h2-9,19H,10-14H2,1H3. The summed E-state index contributed by atoms with van der Waals surface area (Å²) in [6.45, 7) is 4.80. The van der Waals surface area contributed by atoms with E-state index in [2.05, 4.69) is 58.7 Å². The van der Waals surface area contributed by atoms with E-state index in [0.29, 0.717) is 0 Å². The summed E-state index contributed by atoms with van der Waals surface area (Å²) in [5.74, 6) is 0. The summed E-state index contributed by atoms with van der Waals surface area (Å²) >= 11 is 0. The molecule has 1 N–H and O–H groups in total. The third kappa shape index (κ3) is 3.63. The van der Waals surface area contributed by atoms with Gasteiger partial charge in [0.25, 0.3) is 0 Å². The molecule has 3 rings (SSSR count). The fourth-order valence-electron chi connectivity index (χ4n) is 2.65. The van der Waals surface area contributed by atoms with Crippen LogP contribution in [0.3, 0.4) is 0 Å².